The summed E-state index contributed by atoms with van der Waals surface area (Å²) in [5.74, 6) is 1.14. The standard InChI is InChI=1S/C29H33N3O4S/c1-5-36-27-18-12-11-17-26(27)32-28(30-25-16-10-9-15-24(25)29(32)33)22(4)31(20-19-21(2)3)37(34,35)23-13-7-6-8-14-23/h6-18,21-22H,5,19-20H2,1-4H3. The minimum Gasteiger partial charge on any atom is -0.492 e. The van der Waals surface area contributed by atoms with Crippen LogP contribution in [0, 0.1) is 5.92 Å². The number of rotatable bonds is 10. The Morgan fingerprint density at radius 3 is 2.27 bits per heavy atom. The van der Waals surface area contributed by atoms with Gasteiger partial charge in [-0.05, 0) is 62.6 Å². The predicted octanol–water partition coefficient (Wildman–Crippen LogP) is 5.58. The van der Waals surface area contributed by atoms with Crippen LogP contribution in [-0.2, 0) is 10.0 Å². The lowest BCUT2D eigenvalue weighted by Crippen LogP contribution is -2.38. The molecule has 0 amide bonds. The van der Waals surface area contributed by atoms with Crippen LogP contribution in [0.5, 0.6) is 5.75 Å². The average molecular weight is 520 g/mol. The van der Waals surface area contributed by atoms with Crippen LogP contribution in [0.15, 0.2) is 88.6 Å². The number of para-hydroxylation sites is 3. The van der Waals surface area contributed by atoms with Gasteiger partial charge in [0.1, 0.15) is 11.6 Å². The van der Waals surface area contributed by atoms with Gasteiger partial charge >= 0.3 is 0 Å². The van der Waals surface area contributed by atoms with Crippen molar-refractivity contribution in [2.75, 3.05) is 13.2 Å². The first-order valence-corrected chi connectivity index (χ1v) is 14.0. The number of ether oxygens (including phenoxy) is 1. The Labute approximate surface area is 218 Å². The minimum atomic E-state index is -3.88. The highest BCUT2D eigenvalue weighted by atomic mass is 32.2. The molecule has 0 saturated heterocycles. The van der Waals surface area contributed by atoms with Gasteiger partial charge in [0.05, 0.1) is 34.1 Å². The predicted molar refractivity (Wildman–Crippen MR) is 147 cm³/mol. The van der Waals surface area contributed by atoms with Gasteiger partial charge in [0, 0.05) is 6.54 Å². The normalized spacial score (nSPS) is 12.8. The van der Waals surface area contributed by atoms with E-state index < -0.39 is 16.1 Å². The highest BCUT2D eigenvalue weighted by molar-refractivity contribution is 7.89. The third kappa shape index (κ3) is 5.45. The van der Waals surface area contributed by atoms with Crippen LogP contribution in [0.25, 0.3) is 16.6 Å². The Morgan fingerprint density at radius 1 is 0.919 bits per heavy atom. The number of sulfonamides is 1. The van der Waals surface area contributed by atoms with Crippen LogP contribution in [0.1, 0.15) is 46.0 Å². The third-order valence-corrected chi connectivity index (χ3v) is 8.27. The maximum Gasteiger partial charge on any atom is 0.266 e. The fourth-order valence-electron chi connectivity index (χ4n) is 4.35. The lowest BCUT2D eigenvalue weighted by molar-refractivity contribution is 0.307. The van der Waals surface area contributed by atoms with E-state index >= 15 is 0 Å². The molecular formula is C29H33N3O4S. The third-order valence-electron chi connectivity index (χ3n) is 6.29. The number of nitrogens with zero attached hydrogens (tertiary/aromatic N) is 3. The van der Waals surface area contributed by atoms with Gasteiger partial charge in [0.25, 0.3) is 5.56 Å². The molecule has 1 aromatic heterocycles. The second kappa shape index (κ2) is 11.3. The van der Waals surface area contributed by atoms with E-state index in [-0.39, 0.29) is 22.9 Å². The number of benzene rings is 3. The molecule has 1 unspecified atom stereocenters. The summed E-state index contributed by atoms with van der Waals surface area (Å²) in [7, 11) is -3.88. The quantitative estimate of drug-likeness (QED) is 0.273. The largest absolute Gasteiger partial charge is 0.492 e. The van der Waals surface area contributed by atoms with Crippen molar-refractivity contribution in [1.82, 2.24) is 13.9 Å². The molecule has 7 nitrogen and oxygen atoms in total. The van der Waals surface area contributed by atoms with Crippen molar-refractivity contribution in [2.24, 2.45) is 5.92 Å². The van der Waals surface area contributed by atoms with E-state index in [1.807, 2.05) is 25.1 Å². The Balaban J connectivity index is 1.98. The molecule has 0 aliphatic rings. The summed E-state index contributed by atoms with van der Waals surface area (Å²) in [6.45, 7) is 8.48. The molecule has 0 saturated carbocycles. The van der Waals surface area contributed by atoms with Crippen molar-refractivity contribution in [3.05, 3.63) is 95.0 Å². The maximum atomic E-state index is 13.9. The second-order valence-electron chi connectivity index (χ2n) is 9.32. The molecule has 4 aromatic rings. The van der Waals surface area contributed by atoms with Crippen LogP contribution in [0.3, 0.4) is 0 Å². The fraction of sp³-hybridized carbons (Fsp3) is 0.310. The van der Waals surface area contributed by atoms with E-state index in [0.29, 0.717) is 41.2 Å². The van der Waals surface area contributed by atoms with E-state index in [4.69, 9.17) is 9.72 Å². The smallest absolute Gasteiger partial charge is 0.266 e. The van der Waals surface area contributed by atoms with Crippen molar-refractivity contribution in [2.45, 2.75) is 45.1 Å². The summed E-state index contributed by atoms with van der Waals surface area (Å²) in [5.41, 5.74) is 0.760. The number of fused-ring (bicyclic) bond motifs is 1. The average Bonchev–Trinajstić information content (AvgIpc) is 2.89. The first kappa shape index (κ1) is 26.6. The van der Waals surface area contributed by atoms with Crippen molar-refractivity contribution in [3.8, 4) is 11.4 Å². The first-order chi connectivity index (χ1) is 17.8. The molecule has 1 atom stereocenters. The van der Waals surface area contributed by atoms with Crippen LogP contribution in [0.2, 0.25) is 0 Å². The Bertz CT molecular complexity index is 1530. The van der Waals surface area contributed by atoms with Crippen molar-refractivity contribution in [3.63, 3.8) is 0 Å². The highest BCUT2D eigenvalue weighted by Crippen LogP contribution is 2.31. The zero-order valence-corrected chi connectivity index (χ0v) is 22.5. The zero-order chi connectivity index (χ0) is 26.6. The highest BCUT2D eigenvalue weighted by Gasteiger charge is 2.33. The van der Waals surface area contributed by atoms with Gasteiger partial charge in [-0.3, -0.25) is 9.36 Å². The van der Waals surface area contributed by atoms with E-state index in [2.05, 4.69) is 13.8 Å². The fourth-order valence-corrected chi connectivity index (χ4v) is 5.97. The molecule has 4 rings (SSSR count). The monoisotopic (exact) mass is 519 g/mol. The topological polar surface area (TPSA) is 81.5 Å². The molecule has 0 N–H and O–H groups in total. The zero-order valence-electron chi connectivity index (χ0n) is 21.7. The summed E-state index contributed by atoms with van der Waals surface area (Å²) in [6, 6.07) is 22.0. The van der Waals surface area contributed by atoms with Gasteiger partial charge in [0.15, 0.2) is 0 Å². The summed E-state index contributed by atoms with van der Waals surface area (Å²) in [6.07, 6.45) is 0.656. The number of hydrogen-bond donors (Lipinski definition) is 0. The van der Waals surface area contributed by atoms with Crippen molar-refractivity contribution < 1.29 is 13.2 Å². The molecule has 8 heteroatoms. The second-order valence-corrected chi connectivity index (χ2v) is 11.2. The molecular weight excluding hydrogens is 486 g/mol. The van der Waals surface area contributed by atoms with Crippen molar-refractivity contribution in [1.29, 1.82) is 0 Å². The molecule has 1 heterocycles. The number of aromatic nitrogens is 2. The van der Waals surface area contributed by atoms with Crippen LogP contribution in [-0.4, -0.2) is 35.4 Å². The molecule has 37 heavy (non-hydrogen) atoms. The molecule has 0 aliphatic carbocycles. The van der Waals surface area contributed by atoms with Crippen LogP contribution in [0.4, 0.5) is 0 Å². The molecule has 0 radical (unpaired) electrons. The molecule has 0 aliphatic heterocycles. The van der Waals surface area contributed by atoms with Gasteiger partial charge < -0.3 is 4.74 Å². The number of hydrogen-bond acceptors (Lipinski definition) is 5. The molecule has 0 bridgehead atoms. The summed E-state index contributed by atoms with van der Waals surface area (Å²) in [4.78, 5) is 19.0. The van der Waals surface area contributed by atoms with Crippen molar-refractivity contribution >= 4 is 20.9 Å². The van der Waals surface area contributed by atoms with Crippen LogP contribution < -0.4 is 10.3 Å². The molecule has 194 valence electrons. The Hall–Kier alpha value is -3.49. The van der Waals surface area contributed by atoms with Gasteiger partial charge in [0.2, 0.25) is 10.0 Å². The summed E-state index contributed by atoms with van der Waals surface area (Å²) < 4.78 is 36.6. The van der Waals surface area contributed by atoms with Crippen LogP contribution >= 0.6 is 0 Å². The van der Waals surface area contributed by atoms with E-state index in [9.17, 15) is 13.2 Å². The van der Waals surface area contributed by atoms with Gasteiger partial charge in [-0.1, -0.05) is 56.3 Å². The van der Waals surface area contributed by atoms with E-state index in [1.165, 1.54) is 8.87 Å². The first-order valence-electron chi connectivity index (χ1n) is 12.6. The maximum absolute atomic E-state index is 13.9. The van der Waals surface area contributed by atoms with E-state index in [0.717, 1.165) is 0 Å². The summed E-state index contributed by atoms with van der Waals surface area (Å²) in [5, 5.41) is 0.449. The minimum absolute atomic E-state index is 0.204. The van der Waals surface area contributed by atoms with Gasteiger partial charge in [-0.15, -0.1) is 0 Å². The lowest BCUT2D eigenvalue weighted by atomic mass is 10.1. The molecule has 0 fully saturated rings. The molecule has 0 spiro atoms. The Kier molecular flexibility index (Phi) is 8.10. The lowest BCUT2D eigenvalue weighted by Gasteiger charge is -2.30. The van der Waals surface area contributed by atoms with Gasteiger partial charge in [-0.25, -0.2) is 13.4 Å². The van der Waals surface area contributed by atoms with Gasteiger partial charge in [-0.2, -0.15) is 4.31 Å². The summed E-state index contributed by atoms with van der Waals surface area (Å²) >= 11 is 0. The Morgan fingerprint density at radius 2 is 1.57 bits per heavy atom. The molecule has 3 aromatic carbocycles. The SMILES string of the molecule is CCOc1ccccc1-n1c(C(C)N(CCC(C)C)S(=O)(=O)c2ccccc2)nc2ccccc2c1=O. The van der Waals surface area contributed by atoms with E-state index in [1.54, 1.807) is 67.6 Å².